The molecule has 18 heavy (non-hydrogen) atoms. The number of nitrogens with two attached hydrogens (primary N) is 1. The zero-order valence-corrected chi connectivity index (χ0v) is 11.9. The molecule has 1 rings (SSSR count). The highest BCUT2D eigenvalue weighted by Crippen LogP contribution is 2.23. The molecular weight excluding hydrogens is 296 g/mol. The van der Waals surface area contributed by atoms with Crippen LogP contribution in [0.1, 0.15) is 36.0 Å². The first-order valence-electron chi connectivity index (χ1n) is 6.10. The van der Waals surface area contributed by atoms with E-state index >= 15 is 0 Å². The summed E-state index contributed by atoms with van der Waals surface area (Å²) in [5.74, 6) is -0.115. The van der Waals surface area contributed by atoms with Crippen molar-refractivity contribution in [3.8, 4) is 0 Å². The molecule has 1 aromatic carbocycles. The standard InChI is InChI=1S/C13H19BrN2O2/c14-12-10(6-5-7-11(12)15)13(18)16-8-3-1-2-4-9-17/h5-7,17H,1-4,8-9,15H2,(H,16,18). The zero-order chi connectivity index (χ0) is 13.4. The first kappa shape index (κ1) is 15.0. The largest absolute Gasteiger partial charge is 0.398 e. The Kier molecular flexibility index (Phi) is 6.75. The van der Waals surface area contributed by atoms with E-state index in [0.29, 0.717) is 22.3 Å². The van der Waals surface area contributed by atoms with Gasteiger partial charge in [0.1, 0.15) is 0 Å². The van der Waals surface area contributed by atoms with Gasteiger partial charge in [0.15, 0.2) is 0 Å². The first-order chi connectivity index (χ1) is 8.66. The van der Waals surface area contributed by atoms with Crippen LogP contribution in [-0.2, 0) is 0 Å². The van der Waals surface area contributed by atoms with Crippen LogP contribution in [0.25, 0.3) is 0 Å². The van der Waals surface area contributed by atoms with Gasteiger partial charge in [-0.3, -0.25) is 4.79 Å². The van der Waals surface area contributed by atoms with E-state index in [4.69, 9.17) is 10.8 Å². The molecule has 1 amide bonds. The zero-order valence-electron chi connectivity index (χ0n) is 10.3. The van der Waals surface area contributed by atoms with Crippen LogP contribution in [0.3, 0.4) is 0 Å². The lowest BCUT2D eigenvalue weighted by Gasteiger charge is -2.08. The molecule has 0 aliphatic heterocycles. The summed E-state index contributed by atoms with van der Waals surface area (Å²) in [6.07, 6.45) is 3.76. The van der Waals surface area contributed by atoms with Crippen LogP contribution in [0.15, 0.2) is 22.7 Å². The first-order valence-corrected chi connectivity index (χ1v) is 6.89. The molecule has 4 nitrogen and oxygen atoms in total. The number of hydrogen-bond donors (Lipinski definition) is 3. The van der Waals surface area contributed by atoms with E-state index in [9.17, 15) is 4.79 Å². The predicted molar refractivity (Wildman–Crippen MR) is 76.4 cm³/mol. The van der Waals surface area contributed by atoms with Gasteiger partial charge in [0, 0.05) is 18.8 Å². The van der Waals surface area contributed by atoms with Crippen LogP contribution in [-0.4, -0.2) is 24.2 Å². The molecule has 0 heterocycles. The minimum absolute atomic E-state index is 0.115. The van der Waals surface area contributed by atoms with Crippen LogP contribution < -0.4 is 11.1 Å². The highest BCUT2D eigenvalue weighted by Gasteiger charge is 2.10. The molecular formula is C13H19BrN2O2. The van der Waals surface area contributed by atoms with Gasteiger partial charge >= 0.3 is 0 Å². The Morgan fingerprint density at radius 2 is 2.00 bits per heavy atom. The molecule has 0 saturated heterocycles. The van der Waals surface area contributed by atoms with Gasteiger partial charge in [-0.1, -0.05) is 18.9 Å². The molecule has 0 atom stereocenters. The molecule has 5 heteroatoms. The molecule has 0 spiro atoms. The van der Waals surface area contributed by atoms with Crippen molar-refractivity contribution in [1.82, 2.24) is 5.32 Å². The van der Waals surface area contributed by atoms with Crippen molar-refractivity contribution in [3.63, 3.8) is 0 Å². The highest BCUT2D eigenvalue weighted by atomic mass is 79.9. The Labute approximate surface area is 116 Å². The smallest absolute Gasteiger partial charge is 0.252 e. The summed E-state index contributed by atoms with van der Waals surface area (Å²) in [7, 11) is 0. The maximum Gasteiger partial charge on any atom is 0.252 e. The quantitative estimate of drug-likeness (QED) is 0.534. The van der Waals surface area contributed by atoms with Gasteiger partial charge in [-0.2, -0.15) is 0 Å². The van der Waals surface area contributed by atoms with Crippen LogP contribution in [0.5, 0.6) is 0 Å². The fourth-order valence-corrected chi connectivity index (χ4v) is 2.06. The Morgan fingerprint density at radius 3 is 2.72 bits per heavy atom. The van der Waals surface area contributed by atoms with Gasteiger partial charge < -0.3 is 16.2 Å². The Hall–Kier alpha value is -1.07. The number of benzene rings is 1. The van der Waals surface area contributed by atoms with Crippen LogP contribution in [0.4, 0.5) is 5.69 Å². The van der Waals surface area contributed by atoms with E-state index in [1.165, 1.54) is 0 Å². The van der Waals surface area contributed by atoms with E-state index in [0.717, 1.165) is 25.7 Å². The molecule has 0 saturated carbocycles. The fraction of sp³-hybridized carbons (Fsp3) is 0.462. The summed E-state index contributed by atoms with van der Waals surface area (Å²) in [4.78, 5) is 11.9. The number of nitrogen functional groups attached to an aromatic ring is 1. The monoisotopic (exact) mass is 314 g/mol. The Balaban J connectivity index is 2.35. The molecule has 0 aromatic heterocycles. The number of hydrogen-bond acceptors (Lipinski definition) is 3. The predicted octanol–water partition coefficient (Wildman–Crippen LogP) is 2.31. The molecule has 0 aliphatic carbocycles. The lowest BCUT2D eigenvalue weighted by molar-refractivity contribution is 0.0952. The fourth-order valence-electron chi connectivity index (χ4n) is 1.61. The molecule has 4 N–H and O–H groups in total. The average Bonchev–Trinajstić information content (AvgIpc) is 2.36. The van der Waals surface area contributed by atoms with E-state index in [-0.39, 0.29) is 12.5 Å². The van der Waals surface area contributed by atoms with Crippen molar-refractivity contribution in [1.29, 1.82) is 0 Å². The normalized spacial score (nSPS) is 10.3. The molecule has 0 radical (unpaired) electrons. The minimum atomic E-state index is -0.115. The molecule has 0 aliphatic rings. The summed E-state index contributed by atoms with van der Waals surface area (Å²) in [6, 6.07) is 5.24. The maximum absolute atomic E-state index is 11.9. The lowest BCUT2D eigenvalue weighted by Crippen LogP contribution is -2.25. The van der Waals surface area contributed by atoms with E-state index in [1.807, 2.05) is 0 Å². The van der Waals surface area contributed by atoms with Crippen LogP contribution in [0.2, 0.25) is 0 Å². The number of anilines is 1. The van der Waals surface area contributed by atoms with Crippen molar-refractivity contribution in [3.05, 3.63) is 28.2 Å². The van der Waals surface area contributed by atoms with Gasteiger partial charge in [-0.25, -0.2) is 0 Å². The van der Waals surface area contributed by atoms with Crippen molar-refractivity contribution >= 4 is 27.5 Å². The molecule has 1 aromatic rings. The maximum atomic E-state index is 11.9. The SMILES string of the molecule is Nc1cccc(C(=O)NCCCCCCO)c1Br. The number of unbranched alkanes of at least 4 members (excludes halogenated alkanes) is 3. The third-order valence-electron chi connectivity index (χ3n) is 2.64. The topological polar surface area (TPSA) is 75.4 Å². The Bertz CT molecular complexity index is 397. The van der Waals surface area contributed by atoms with Gasteiger partial charge in [0.2, 0.25) is 0 Å². The number of rotatable bonds is 7. The molecule has 100 valence electrons. The lowest BCUT2D eigenvalue weighted by atomic mass is 10.1. The van der Waals surface area contributed by atoms with Crippen molar-refractivity contribution in [2.75, 3.05) is 18.9 Å². The van der Waals surface area contributed by atoms with E-state index in [1.54, 1.807) is 18.2 Å². The number of aliphatic hydroxyl groups excluding tert-OH is 1. The van der Waals surface area contributed by atoms with Crippen molar-refractivity contribution in [2.24, 2.45) is 0 Å². The number of carbonyl (C=O) groups excluding carboxylic acids is 1. The summed E-state index contributed by atoms with van der Waals surface area (Å²) < 4.78 is 0.641. The minimum Gasteiger partial charge on any atom is -0.398 e. The number of aliphatic hydroxyl groups is 1. The summed E-state index contributed by atoms with van der Waals surface area (Å²) in [5, 5.41) is 11.5. The van der Waals surface area contributed by atoms with Gasteiger partial charge in [-0.15, -0.1) is 0 Å². The summed E-state index contributed by atoms with van der Waals surface area (Å²) >= 11 is 3.31. The second-order valence-corrected chi connectivity index (χ2v) is 4.90. The third kappa shape index (κ3) is 4.66. The number of halogens is 1. The third-order valence-corrected chi connectivity index (χ3v) is 3.53. The molecule has 0 bridgehead atoms. The average molecular weight is 315 g/mol. The number of nitrogens with one attached hydrogen (secondary N) is 1. The molecule has 0 fully saturated rings. The number of amides is 1. The summed E-state index contributed by atoms with van der Waals surface area (Å²) in [5.41, 5.74) is 6.84. The van der Waals surface area contributed by atoms with Gasteiger partial charge in [-0.05, 0) is 40.9 Å². The van der Waals surface area contributed by atoms with Crippen LogP contribution in [0, 0.1) is 0 Å². The van der Waals surface area contributed by atoms with Crippen molar-refractivity contribution < 1.29 is 9.90 Å². The summed E-state index contributed by atoms with van der Waals surface area (Å²) in [6.45, 7) is 0.883. The number of carbonyl (C=O) groups is 1. The van der Waals surface area contributed by atoms with Crippen molar-refractivity contribution in [2.45, 2.75) is 25.7 Å². The van der Waals surface area contributed by atoms with E-state index in [2.05, 4.69) is 21.2 Å². The molecule has 0 unspecified atom stereocenters. The van der Waals surface area contributed by atoms with Gasteiger partial charge in [0.25, 0.3) is 5.91 Å². The van der Waals surface area contributed by atoms with E-state index < -0.39 is 0 Å². The highest BCUT2D eigenvalue weighted by molar-refractivity contribution is 9.10. The van der Waals surface area contributed by atoms with Gasteiger partial charge in [0.05, 0.1) is 10.0 Å². The van der Waals surface area contributed by atoms with Crippen LogP contribution >= 0.6 is 15.9 Å². The second-order valence-electron chi connectivity index (χ2n) is 4.10. The second kappa shape index (κ2) is 8.11. The Morgan fingerprint density at radius 1 is 1.28 bits per heavy atom.